The summed E-state index contributed by atoms with van der Waals surface area (Å²) in [7, 11) is 0. The minimum atomic E-state index is -0.337. The molecule has 1 aromatic rings. The minimum absolute atomic E-state index is 0.00470. The third-order valence-electron chi connectivity index (χ3n) is 1.97. The number of benzene rings is 1. The quantitative estimate of drug-likeness (QED) is 0.701. The van der Waals surface area contributed by atoms with Crippen LogP contribution in [0.2, 0.25) is 10.0 Å². The van der Waals surface area contributed by atoms with E-state index in [-0.39, 0.29) is 12.6 Å². The van der Waals surface area contributed by atoms with E-state index >= 15 is 0 Å². The van der Waals surface area contributed by atoms with Crippen LogP contribution in [0.1, 0.15) is 18.0 Å². The molecule has 0 fully saturated rings. The van der Waals surface area contributed by atoms with E-state index in [4.69, 9.17) is 39.8 Å². The Morgan fingerprint density at radius 2 is 2.00 bits per heavy atom. The van der Waals surface area contributed by atoms with Gasteiger partial charge in [0.25, 0.3) is 0 Å². The standard InChI is InChI=1S/C9H12Cl2N2O/c10-5-3-6(8(12)1-2-14)9(13)7(11)4-5/h3-4,8,14H,1-2,12-13H2/t8-/m1/s1. The van der Waals surface area contributed by atoms with E-state index in [1.165, 1.54) is 0 Å². The molecule has 0 saturated heterocycles. The molecule has 0 aliphatic heterocycles. The number of nitrogen functional groups attached to an aromatic ring is 1. The molecule has 5 N–H and O–H groups in total. The van der Waals surface area contributed by atoms with Gasteiger partial charge in [0.15, 0.2) is 0 Å². The lowest BCUT2D eigenvalue weighted by atomic mass is 10.0. The molecule has 1 atom stereocenters. The molecule has 0 aliphatic carbocycles. The van der Waals surface area contributed by atoms with Crippen LogP contribution in [0.3, 0.4) is 0 Å². The van der Waals surface area contributed by atoms with Crippen LogP contribution in [0.25, 0.3) is 0 Å². The number of anilines is 1. The Labute approximate surface area is 92.6 Å². The first kappa shape index (κ1) is 11.6. The largest absolute Gasteiger partial charge is 0.397 e. The van der Waals surface area contributed by atoms with Gasteiger partial charge in [-0.05, 0) is 24.1 Å². The highest BCUT2D eigenvalue weighted by molar-refractivity contribution is 6.36. The summed E-state index contributed by atoms with van der Waals surface area (Å²) in [5.74, 6) is 0. The summed E-state index contributed by atoms with van der Waals surface area (Å²) in [5, 5.41) is 9.62. The zero-order chi connectivity index (χ0) is 10.7. The molecule has 0 spiro atoms. The fourth-order valence-electron chi connectivity index (χ4n) is 1.21. The van der Waals surface area contributed by atoms with Gasteiger partial charge in [-0.15, -0.1) is 0 Å². The summed E-state index contributed by atoms with van der Waals surface area (Å²) in [4.78, 5) is 0. The molecule has 0 unspecified atom stereocenters. The van der Waals surface area contributed by atoms with E-state index in [2.05, 4.69) is 0 Å². The van der Waals surface area contributed by atoms with Gasteiger partial charge in [0.05, 0.1) is 10.7 Å². The average Bonchev–Trinajstić information content (AvgIpc) is 2.11. The Morgan fingerprint density at radius 1 is 1.36 bits per heavy atom. The van der Waals surface area contributed by atoms with Gasteiger partial charge in [-0.3, -0.25) is 0 Å². The highest BCUT2D eigenvalue weighted by atomic mass is 35.5. The van der Waals surface area contributed by atoms with Gasteiger partial charge in [0, 0.05) is 17.7 Å². The SMILES string of the molecule is Nc1c(Cl)cc(Cl)cc1[C@H](N)CCO. The molecular formula is C9H12Cl2N2O. The smallest absolute Gasteiger partial charge is 0.0653 e. The van der Waals surface area contributed by atoms with Crippen molar-refractivity contribution >= 4 is 28.9 Å². The predicted octanol–water partition coefficient (Wildman–Crippen LogP) is 1.96. The van der Waals surface area contributed by atoms with Gasteiger partial charge in [-0.25, -0.2) is 0 Å². The van der Waals surface area contributed by atoms with Crippen LogP contribution in [0.5, 0.6) is 0 Å². The van der Waals surface area contributed by atoms with Gasteiger partial charge in [0.2, 0.25) is 0 Å². The second-order valence-electron chi connectivity index (χ2n) is 3.01. The number of halogens is 2. The van der Waals surface area contributed by atoms with Gasteiger partial charge in [-0.2, -0.15) is 0 Å². The van der Waals surface area contributed by atoms with Gasteiger partial charge >= 0.3 is 0 Å². The Morgan fingerprint density at radius 3 is 2.57 bits per heavy atom. The normalized spacial score (nSPS) is 12.9. The summed E-state index contributed by atoms with van der Waals surface area (Å²) >= 11 is 11.6. The van der Waals surface area contributed by atoms with E-state index in [1.807, 2.05) is 0 Å². The monoisotopic (exact) mass is 234 g/mol. The topological polar surface area (TPSA) is 72.3 Å². The van der Waals surface area contributed by atoms with Crippen molar-refractivity contribution in [1.82, 2.24) is 0 Å². The van der Waals surface area contributed by atoms with E-state index < -0.39 is 0 Å². The maximum Gasteiger partial charge on any atom is 0.0653 e. The van der Waals surface area contributed by atoms with Gasteiger partial charge in [-0.1, -0.05) is 23.2 Å². The van der Waals surface area contributed by atoms with E-state index in [0.717, 1.165) is 0 Å². The van der Waals surface area contributed by atoms with Crippen LogP contribution in [0, 0.1) is 0 Å². The molecule has 0 aliphatic rings. The van der Waals surface area contributed by atoms with Crippen LogP contribution >= 0.6 is 23.2 Å². The molecule has 1 rings (SSSR count). The fraction of sp³-hybridized carbons (Fsp3) is 0.333. The summed E-state index contributed by atoms with van der Waals surface area (Å²) in [6, 6.07) is 2.90. The van der Waals surface area contributed by atoms with Crippen molar-refractivity contribution in [3.8, 4) is 0 Å². The van der Waals surface area contributed by atoms with Gasteiger partial charge in [0.1, 0.15) is 0 Å². The molecular weight excluding hydrogens is 223 g/mol. The lowest BCUT2D eigenvalue weighted by Crippen LogP contribution is -2.14. The molecule has 0 amide bonds. The van der Waals surface area contributed by atoms with E-state index in [9.17, 15) is 0 Å². The first-order chi connectivity index (χ1) is 6.56. The van der Waals surface area contributed by atoms with Crippen molar-refractivity contribution in [3.63, 3.8) is 0 Å². The zero-order valence-corrected chi connectivity index (χ0v) is 9.02. The molecule has 5 heteroatoms. The molecule has 0 saturated carbocycles. The van der Waals surface area contributed by atoms with Crippen LogP contribution in [0.4, 0.5) is 5.69 Å². The summed E-state index contributed by atoms with van der Waals surface area (Å²) in [6.45, 7) is 0.00470. The molecule has 3 nitrogen and oxygen atoms in total. The number of hydrogen-bond donors (Lipinski definition) is 3. The highest BCUT2D eigenvalue weighted by Crippen LogP contribution is 2.31. The second kappa shape index (κ2) is 4.84. The first-order valence-electron chi connectivity index (χ1n) is 4.17. The highest BCUT2D eigenvalue weighted by Gasteiger charge is 2.12. The van der Waals surface area contributed by atoms with Crippen molar-refractivity contribution in [2.24, 2.45) is 5.73 Å². The fourth-order valence-corrected chi connectivity index (χ4v) is 1.72. The Kier molecular flexibility index (Phi) is 4.01. The molecule has 0 radical (unpaired) electrons. The summed E-state index contributed by atoms with van der Waals surface area (Å²) in [6.07, 6.45) is 0.431. The number of aliphatic hydroxyl groups excluding tert-OH is 1. The maximum atomic E-state index is 8.74. The second-order valence-corrected chi connectivity index (χ2v) is 3.85. The molecule has 0 aromatic heterocycles. The van der Waals surface area contributed by atoms with Crippen LogP contribution in [0.15, 0.2) is 12.1 Å². The third kappa shape index (κ3) is 2.51. The van der Waals surface area contributed by atoms with Crippen LogP contribution < -0.4 is 11.5 Å². The van der Waals surface area contributed by atoms with Crippen molar-refractivity contribution in [2.45, 2.75) is 12.5 Å². The minimum Gasteiger partial charge on any atom is -0.397 e. The van der Waals surface area contributed by atoms with Gasteiger partial charge < -0.3 is 16.6 Å². The molecule has 0 heterocycles. The third-order valence-corrected chi connectivity index (χ3v) is 2.50. The molecule has 78 valence electrons. The average molecular weight is 235 g/mol. The molecule has 1 aromatic carbocycles. The van der Waals surface area contributed by atoms with Crippen LogP contribution in [-0.4, -0.2) is 11.7 Å². The van der Waals surface area contributed by atoms with E-state index in [1.54, 1.807) is 12.1 Å². The Hall–Kier alpha value is -0.480. The van der Waals surface area contributed by atoms with Crippen LogP contribution in [-0.2, 0) is 0 Å². The first-order valence-corrected chi connectivity index (χ1v) is 4.92. The number of nitrogens with two attached hydrogens (primary N) is 2. The number of aliphatic hydroxyl groups is 1. The van der Waals surface area contributed by atoms with Crippen molar-refractivity contribution in [3.05, 3.63) is 27.7 Å². The Bertz CT molecular complexity index is 331. The summed E-state index contributed by atoms with van der Waals surface area (Å²) in [5.41, 5.74) is 12.6. The number of rotatable bonds is 3. The molecule has 14 heavy (non-hydrogen) atoms. The van der Waals surface area contributed by atoms with Crippen molar-refractivity contribution in [2.75, 3.05) is 12.3 Å². The van der Waals surface area contributed by atoms with Crippen molar-refractivity contribution in [1.29, 1.82) is 0 Å². The predicted molar refractivity (Wildman–Crippen MR) is 59.5 cm³/mol. The number of hydrogen-bond acceptors (Lipinski definition) is 3. The molecule has 0 bridgehead atoms. The maximum absolute atomic E-state index is 8.74. The Balaban J connectivity index is 3.07. The van der Waals surface area contributed by atoms with Crippen molar-refractivity contribution < 1.29 is 5.11 Å². The lowest BCUT2D eigenvalue weighted by molar-refractivity contribution is 0.276. The zero-order valence-electron chi connectivity index (χ0n) is 7.50. The van der Waals surface area contributed by atoms with E-state index in [0.29, 0.717) is 27.7 Å². The summed E-state index contributed by atoms with van der Waals surface area (Å²) < 4.78 is 0. The lowest BCUT2D eigenvalue weighted by Gasteiger charge is -2.14.